The number of hydrogen-bond donors (Lipinski definition) is 0. The molecule has 0 aliphatic carbocycles. The zero-order valence-electron chi connectivity index (χ0n) is 30.2. The van der Waals surface area contributed by atoms with Crippen LogP contribution in [-0.2, 0) is 18.8 Å². The van der Waals surface area contributed by atoms with E-state index in [0.717, 1.165) is 55.5 Å². The zero-order valence-corrected chi connectivity index (χ0v) is 30.2. The van der Waals surface area contributed by atoms with Crippen LogP contribution >= 0.6 is 0 Å². The first kappa shape index (κ1) is 47.1. The Morgan fingerprint density at radius 2 is 0.912 bits per heavy atom. The van der Waals surface area contributed by atoms with E-state index >= 15 is 0 Å². The molecular weight excluding hydrogens is 796 g/mol. The van der Waals surface area contributed by atoms with Gasteiger partial charge in [-0.05, 0) is 96.7 Å². The van der Waals surface area contributed by atoms with E-state index in [1.807, 2.05) is 0 Å². The van der Waals surface area contributed by atoms with Crippen LogP contribution in [0.25, 0.3) is 22.3 Å². The molecule has 314 valence electrons. The molecule has 0 spiro atoms. The molecule has 0 aliphatic rings. The van der Waals surface area contributed by atoms with Crippen LogP contribution in [0.3, 0.4) is 0 Å². The van der Waals surface area contributed by atoms with Gasteiger partial charge in [-0.2, -0.15) is 35.1 Å². The number of rotatable bonds is 17. The second-order valence-corrected chi connectivity index (χ2v) is 13.2. The minimum Gasteiger partial charge on any atom is -0.251 e. The monoisotopic (exact) mass is 834 g/mol. The number of alkyl halides is 11. The summed E-state index contributed by atoms with van der Waals surface area (Å²) < 4.78 is 209. The predicted octanol–water partition coefficient (Wildman–Crippen LogP) is 15.2. The molecule has 57 heavy (non-hydrogen) atoms. The maximum absolute atomic E-state index is 14.4. The fourth-order valence-corrected chi connectivity index (χ4v) is 5.90. The van der Waals surface area contributed by atoms with E-state index in [-0.39, 0.29) is 36.4 Å². The summed E-state index contributed by atoms with van der Waals surface area (Å²) in [5, 5.41) is 0. The zero-order chi connectivity index (χ0) is 42.6. The van der Waals surface area contributed by atoms with E-state index in [9.17, 15) is 70.2 Å². The molecule has 4 rings (SSSR count). The van der Waals surface area contributed by atoms with Crippen molar-refractivity contribution in [1.82, 2.24) is 0 Å². The van der Waals surface area contributed by atoms with E-state index in [0.29, 0.717) is 44.1 Å². The van der Waals surface area contributed by atoms with Crippen LogP contribution in [0.15, 0.2) is 66.7 Å². The van der Waals surface area contributed by atoms with Crippen molar-refractivity contribution in [2.75, 3.05) is 13.3 Å². The number of benzene rings is 4. The smallest absolute Gasteiger partial charge is 0.251 e. The van der Waals surface area contributed by atoms with Gasteiger partial charge in [0.25, 0.3) is 0 Å². The lowest BCUT2D eigenvalue weighted by molar-refractivity contribution is -0.291. The average molecular weight is 835 g/mol. The Hall–Kier alpha value is -4.24. The summed E-state index contributed by atoms with van der Waals surface area (Å²) in [4.78, 5) is 0. The van der Waals surface area contributed by atoms with Gasteiger partial charge in [0, 0.05) is 5.56 Å². The predicted molar refractivity (Wildman–Crippen MR) is 184 cm³/mol. The highest BCUT2D eigenvalue weighted by Gasteiger charge is 2.61. The summed E-state index contributed by atoms with van der Waals surface area (Å²) in [6, 6.07) is 11.2. The molecule has 0 aliphatic heterocycles. The highest BCUT2D eigenvalue weighted by Crippen LogP contribution is 2.46. The average Bonchev–Trinajstić information content (AvgIpc) is 3.11. The van der Waals surface area contributed by atoms with Crippen molar-refractivity contribution < 1.29 is 70.2 Å². The SMILES string of the molecule is FCCCCCCCc1ccc(-c2ccc(C(F)C(F)(F)F)cc2)c(F)c1.FCCCCCCc1cc(F)c(-c2cc(F)c(C(F)(F)C(F)(F)F)c(F)c2)c(F)c1. The lowest BCUT2D eigenvalue weighted by atomic mass is 9.96. The fraction of sp³-hybridized carbons (Fsp3) is 0.415. The van der Waals surface area contributed by atoms with Crippen molar-refractivity contribution in [3.8, 4) is 22.3 Å². The first-order chi connectivity index (χ1) is 26.7. The topological polar surface area (TPSA) is 0 Å². The molecule has 0 heterocycles. The van der Waals surface area contributed by atoms with Gasteiger partial charge in [0.1, 0.15) is 34.6 Å². The molecule has 0 nitrogen and oxygen atoms in total. The third-order valence-corrected chi connectivity index (χ3v) is 8.89. The minimum absolute atomic E-state index is 0.0240. The Kier molecular flexibility index (Phi) is 17.3. The standard InChI is InChI=1S/C21H22F6.C20H16F10/c22-13-5-3-1-2-4-6-15-7-12-18(19(23)14-15)16-8-10-17(11-9-16)20(24)21(25,26)27;21-6-4-2-1-3-5-11-7-13(22)17(14(23)8-11)12-9-15(24)18(16(25)10-12)19(26,27)20(28,29)30/h7-12,14,20H,1-6,13H2;7-10H,1-6H2. The molecule has 1 unspecified atom stereocenters. The van der Waals surface area contributed by atoms with Crippen LogP contribution in [-0.4, -0.2) is 25.7 Å². The van der Waals surface area contributed by atoms with Gasteiger partial charge in [0.15, 0.2) is 0 Å². The van der Waals surface area contributed by atoms with Crippen LogP contribution < -0.4 is 0 Å². The third kappa shape index (κ3) is 13.1. The normalized spacial score (nSPS) is 12.7. The van der Waals surface area contributed by atoms with Crippen LogP contribution in [0.5, 0.6) is 0 Å². The number of aryl methyl sites for hydroxylation is 2. The van der Waals surface area contributed by atoms with Crippen LogP contribution in [0.1, 0.15) is 86.2 Å². The number of hydrogen-bond acceptors (Lipinski definition) is 0. The molecule has 0 saturated carbocycles. The third-order valence-electron chi connectivity index (χ3n) is 8.89. The van der Waals surface area contributed by atoms with Gasteiger partial charge in [0.2, 0.25) is 6.17 Å². The van der Waals surface area contributed by atoms with Crippen molar-refractivity contribution in [3.63, 3.8) is 0 Å². The van der Waals surface area contributed by atoms with E-state index < -0.39 is 82.5 Å². The summed E-state index contributed by atoms with van der Waals surface area (Å²) in [5.74, 6) is -13.4. The first-order valence-electron chi connectivity index (χ1n) is 17.9. The lowest BCUT2D eigenvalue weighted by Gasteiger charge is -2.21. The molecule has 0 saturated heterocycles. The molecule has 16 heteroatoms. The molecule has 4 aromatic rings. The van der Waals surface area contributed by atoms with Gasteiger partial charge in [-0.25, -0.2) is 26.3 Å². The Morgan fingerprint density at radius 3 is 1.37 bits per heavy atom. The van der Waals surface area contributed by atoms with Crippen molar-refractivity contribution in [2.24, 2.45) is 0 Å². The highest BCUT2D eigenvalue weighted by molar-refractivity contribution is 5.67. The maximum atomic E-state index is 14.4. The molecule has 0 amide bonds. The van der Waals surface area contributed by atoms with E-state index in [1.54, 1.807) is 12.1 Å². The van der Waals surface area contributed by atoms with E-state index in [2.05, 4.69) is 0 Å². The van der Waals surface area contributed by atoms with E-state index in [4.69, 9.17) is 0 Å². The highest BCUT2D eigenvalue weighted by atomic mass is 19.4. The van der Waals surface area contributed by atoms with Gasteiger partial charge in [-0.1, -0.05) is 68.5 Å². The van der Waals surface area contributed by atoms with Crippen LogP contribution in [0.2, 0.25) is 0 Å². The number of halogens is 16. The summed E-state index contributed by atoms with van der Waals surface area (Å²) in [7, 11) is 0. The second kappa shape index (κ2) is 21.0. The van der Waals surface area contributed by atoms with Crippen molar-refractivity contribution in [2.45, 2.75) is 95.1 Å². The molecule has 4 aromatic carbocycles. The van der Waals surface area contributed by atoms with E-state index in [1.165, 1.54) is 18.2 Å². The first-order valence-corrected chi connectivity index (χ1v) is 17.9. The molecule has 0 bridgehead atoms. The molecule has 0 N–H and O–H groups in total. The molecular formula is C41H38F16. The quantitative estimate of drug-likeness (QED) is 0.0734. The van der Waals surface area contributed by atoms with Crippen molar-refractivity contribution in [3.05, 3.63) is 118 Å². The minimum atomic E-state index is -6.27. The Morgan fingerprint density at radius 1 is 0.456 bits per heavy atom. The van der Waals surface area contributed by atoms with Gasteiger partial charge >= 0.3 is 18.3 Å². The van der Waals surface area contributed by atoms with Crippen molar-refractivity contribution >= 4 is 0 Å². The largest absolute Gasteiger partial charge is 0.458 e. The van der Waals surface area contributed by atoms with Gasteiger partial charge in [-0.15, -0.1) is 0 Å². The lowest BCUT2D eigenvalue weighted by Crippen LogP contribution is -2.35. The van der Waals surface area contributed by atoms with Gasteiger partial charge in [0.05, 0.1) is 18.9 Å². The molecule has 1 atom stereocenters. The fourth-order valence-electron chi connectivity index (χ4n) is 5.90. The summed E-state index contributed by atoms with van der Waals surface area (Å²) in [5.41, 5.74) is -3.19. The van der Waals surface area contributed by atoms with Gasteiger partial charge in [-0.3, -0.25) is 8.78 Å². The molecule has 0 radical (unpaired) electrons. The second-order valence-electron chi connectivity index (χ2n) is 13.2. The summed E-state index contributed by atoms with van der Waals surface area (Å²) in [6.45, 7) is -0.769. The Labute approximate surface area is 318 Å². The van der Waals surface area contributed by atoms with Crippen molar-refractivity contribution in [1.29, 1.82) is 0 Å². The summed E-state index contributed by atoms with van der Waals surface area (Å²) in [6.07, 6.45) is -7.04. The molecule has 0 aromatic heterocycles. The van der Waals surface area contributed by atoms with Gasteiger partial charge < -0.3 is 0 Å². The van der Waals surface area contributed by atoms with Crippen LogP contribution in [0, 0.1) is 29.1 Å². The number of unbranched alkanes of at least 4 members (excludes halogenated alkanes) is 7. The maximum Gasteiger partial charge on any atom is 0.458 e. The Balaban J connectivity index is 0.000000307. The molecule has 0 fully saturated rings. The summed E-state index contributed by atoms with van der Waals surface area (Å²) >= 11 is 0. The Bertz CT molecular complexity index is 1820. The van der Waals surface area contributed by atoms with Crippen LogP contribution in [0.4, 0.5) is 70.2 Å².